The molecular formula is C8H9N3O3S2. The van der Waals surface area contributed by atoms with E-state index in [2.05, 4.69) is 10.2 Å². The predicted molar refractivity (Wildman–Crippen MR) is 58.4 cm³/mol. The number of nitrogens with zero attached hydrogens (tertiary/aromatic N) is 3. The van der Waals surface area contributed by atoms with Gasteiger partial charge in [0.05, 0.1) is 5.25 Å². The van der Waals surface area contributed by atoms with Crippen LogP contribution in [0, 0.1) is 0 Å². The Morgan fingerprint density at radius 3 is 3.19 bits per heavy atom. The van der Waals surface area contributed by atoms with Crippen molar-refractivity contribution >= 4 is 35.0 Å². The van der Waals surface area contributed by atoms with E-state index in [1.807, 2.05) is 0 Å². The van der Waals surface area contributed by atoms with E-state index < -0.39 is 5.97 Å². The first-order valence-corrected chi connectivity index (χ1v) is 6.36. The van der Waals surface area contributed by atoms with E-state index >= 15 is 0 Å². The summed E-state index contributed by atoms with van der Waals surface area (Å²) in [6.07, 6.45) is 0.663. The molecule has 0 aliphatic carbocycles. The van der Waals surface area contributed by atoms with Gasteiger partial charge in [0.1, 0.15) is 12.1 Å². The van der Waals surface area contributed by atoms with Crippen LogP contribution in [0.15, 0.2) is 9.85 Å². The third kappa shape index (κ3) is 2.50. The van der Waals surface area contributed by atoms with Crippen LogP contribution < -0.4 is 0 Å². The number of amides is 1. The van der Waals surface area contributed by atoms with Gasteiger partial charge in [-0.2, -0.15) is 0 Å². The van der Waals surface area contributed by atoms with Crippen molar-refractivity contribution < 1.29 is 14.7 Å². The fraction of sp³-hybridized carbons (Fsp3) is 0.500. The Hall–Kier alpha value is -1.15. The molecule has 1 saturated heterocycles. The summed E-state index contributed by atoms with van der Waals surface area (Å²) in [4.78, 5) is 23.6. The van der Waals surface area contributed by atoms with E-state index in [0.29, 0.717) is 13.0 Å². The van der Waals surface area contributed by atoms with Gasteiger partial charge in [-0.3, -0.25) is 9.59 Å². The Balaban J connectivity index is 1.94. The second-order valence-corrected chi connectivity index (χ2v) is 5.54. The second-order valence-electron chi connectivity index (χ2n) is 3.25. The maximum atomic E-state index is 11.8. The number of hydrogen-bond acceptors (Lipinski definition) is 6. The third-order valence-electron chi connectivity index (χ3n) is 2.16. The van der Waals surface area contributed by atoms with Crippen molar-refractivity contribution in [3.05, 3.63) is 5.51 Å². The number of carbonyl (C=O) groups is 2. The van der Waals surface area contributed by atoms with Crippen molar-refractivity contribution in [2.45, 2.75) is 16.0 Å². The number of carbonyl (C=O) groups excluding carboxylic acids is 1. The molecule has 1 amide bonds. The quantitative estimate of drug-likeness (QED) is 0.838. The maximum Gasteiger partial charge on any atom is 0.323 e. The molecule has 6 nitrogen and oxygen atoms in total. The Kier molecular flexibility index (Phi) is 3.39. The molecule has 0 bridgehead atoms. The van der Waals surface area contributed by atoms with Crippen LogP contribution in [0.4, 0.5) is 0 Å². The van der Waals surface area contributed by atoms with Crippen LogP contribution in [0.2, 0.25) is 0 Å². The summed E-state index contributed by atoms with van der Waals surface area (Å²) in [5, 5.41) is 15.9. The number of rotatable bonds is 4. The molecule has 0 radical (unpaired) electrons. The van der Waals surface area contributed by atoms with Crippen molar-refractivity contribution in [1.82, 2.24) is 15.1 Å². The van der Waals surface area contributed by atoms with E-state index in [1.54, 1.807) is 5.51 Å². The Morgan fingerprint density at radius 2 is 2.56 bits per heavy atom. The van der Waals surface area contributed by atoms with E-state index in [4.69, 9.17) is 5.11 Å². The predicted octanol–water partition coefficient (Wildman–Crippen LogP) is 0.316. The Morgan fingerprint density at radius 1 is 1.75 bits per heavy atom. The van der Waals surface area contributed by atoms with Gasteiger partial charge >= 0.3 is 5.97 Å². The van der Waals surface area contributed by atoms with Crippen LogP contribution in [0.5, 0.6) is 0 Å². The molecule has 1 aromatic heterocycles. The molecule has 1 aromatic rings. The van der Waals surface area contributed by atoms with Gasteiger partial charge in [-0.15, -0.1) is 10.2 Å². The number of aromatic nitrogens is 2. The highest BCUT2D eigenvalue weighted by molar-refractivity contribution is 8.02. The molecule has 1 aliphatic heterocycles. The second kappa shape index (κ2) is 4.79. The number of aliphatic carboxylic acids is 1. The molecule has 1 unspecified atom stereocenters. The molecule has 0 aromatic carbocycles. The molecule has 16 heavy (non-hydrogen) atoms. The highest BCUT2D eigenvalue weighted by Gasteiger charge is 2.33. The van der Waals surface area contributed by atoms with Gasteiger partial charge in [-0.1, -0.05) is 23.1 Å². The molecule has 0 saturated carbocycles. The minimum atomic E-state index is -0.977. The lowest BCUT2D eigenvalue weighted by atomic mass is 10.4. The van der Waals surface area contributed by atoms with Crippen LogP contribution in [0.3, 0.4) is 0 Å². The first kappa shape index (κ1) is 11.3. The standard InChI is InChI=1S/C8H9N3O3S2/c12-6(13)3-11-2-1-5(7(11)14)16-8-10-9-4-15-8/h4-5H,1-3H2,(H,12,13). The number of thioether (sulfide) groups is 1. The van der Waals surface area contributed by atoms with Crippen molar-refractivity contribution in [2.75, 3.05) is 13.1 Å². The summed E-state index contributed by atoms with van der Waals surface area (Å²) < 4.78 is 0.746. The van der Waals surface area contributed by atoms with E-state index in [-0.39, 0.29) is 17.7 Å². The summed E-state index contributed by atoms with van der Waals surface area (Å²) in [6, 6.07) is 0. The van der Waals surface area contributed by atoms with Crippen molar-refractivity contribution in [3.63, 3.8) is 0 Å². The normalized spacial score (nSPS) is 20.4. The van der Waals surface area contributed by atoms with Gasteiger partial charge < -0.3 is 10.0 Å². The minimum Gasteiger partial charge on any atom is -0.480 e. The molecule has 2 heterocycles. The maximum absolute atomic E-state index is 11.8. The van der Waals surface area contributed by atoms with Crippen molar-refractivity contribution in [1.29, 1.82) is 0 Å². The van der Waals surface area contributed by atoms with E-state index in [9.17, 15) is 9.59 Å². The first-order chi connectivity index (χ1) is 7.66. The van der Waals surface area contributed by atoms with Gasteiger partial charge in [0, 0.05) is 6.54 Å². The average Bonchev–Trinajstić information content (AvgIpc) is 2.82. The molecule has 86 valence electrons. The topological polar surface area (TPSA) is 83.4 Å². The summed E-state index contributed by atoms with van der Waals surface area (Å²) >= 11 is 2.74. The van der Waals surface area contributed by atoms with Gasteiger partial charge in [-0.25, -0.2) is 0 Å². The highest BCUT2D eigenvalue weighted by Crippen LogP contribution is 2.31. The van der Waals surface area contributed by atoms with Crippen LogP contribution in [0.1, 0.15) is 6.42 Å². The number of carboxylic acids is 1. The minimum absolute atomic E-state index is 0.123. The summed E-state index contributed by atoms with van der Waals surface area (Å²) in [5.41, 5.74) is 1.61. The Labute approximate surface area is 99.7 Å². The van der Waals surface area contributed by atoms with Crippen LogP contribution in [-0.4, -0.2) is 50.4 Å². The summed E-state index contributed by atoms with van der Waals surface area (Å²) in [6.45, 7) is 0.285. The molecule has 1 atom stereocenters. The zero-order valence-electron chi connectivity index (χ0n) is 8.20. The van der Waals surface area contributed by atoms with Crippen LogP contribution >= 0.6 is 23.1 Å². The van der Waals surface area contributed by atoms with Crippen LogP contribution in [-0.2, 0) is 9.59 Å². The van der Waals surface area contributed by atoms with E-state index in [1.165, 1.54) is 28.0 Å². The van der Waals surface area contributed by atoms with Gasteiger partial charge in [-0.05, 0) is 6.42 Å². The monoisotopic (exact) mass is 259 g/mol. The van der Waals surface area contributed by atoms with Gasteiger partial charge in [0.2, 0.25) is 5.91 Å². The highest BCUT2D eigenvalue weighted by atomic mass is 32.2. The fourth-order valence-electron chi connectivity index (χ4n) is 1.48. The smallest absolute Gasteiger partial charge is 0.323 e. The summed E-state index contributed by atoms with van der Waals surface area (Å²) in [7, 11) is 0. The lowest BCUT2D eigenvalue weighted by Gasteiger charge is -2.12. The Bertz CT molecular complexity index is 395. The molecule has 0 spiro atoms. The van der Waals surface area contributed by atoms with Gasteiger partial charge in [0.15, 0.2) is 4.34 Å². The average molecular weight is 259 g/mol. The lowest BCUT2D eigenvalue weighted by Crippen LogP contribution is -2.33. The number of likely N-dealkylation sites (tertiary alicyclic amines) is 1. The molecule has 8 heteroatoms. The molecular weight excluding hydrogens is 250 g/mol. The van der Waals surface area contributed by atoms with Gasteiger partial charge in [0.25, 0.3) is 0 Å². The number of hydrogen-bond donors (Lipinski definition) is 1. The lowest BCUT2D eigenvalue weighted by molar-refractivity contribution is -0.142. The third-order valence-corrected chi connectivity index (χ3v) is 4.22. The zero-order chi connectivity index (χ0) is 11.5. The van der Waals surface area contributed by atoms with Crippen molar-refractivity contribution in [3.8, 4) is 0 Å². The molecule has 2 rings (SSSR count). The zero-order valence-corrected chi connectivity index (χ0v) is 9.83. The number of carboxylic acid groups (broad SMARTS) is 1. The first-order valence-electron chi connectivity index (χ1n) is 4.60. The van der Waals surface area contributed by atoms with Crippen molar-refractivity contribution in [2.24, 2.45) is 0 Å². The van der Waals surface area contributed by atoms with E-state index in [0.717, 1.165) is 4.34 Å². The fourth-order valence-corrected chi connectivity index (χ4v) is 3.27. The largest absolute Gasteiger partial charge is 0.480 e. The summed E-state index contributed by atoms with van der Waals surface area (Å²) in [5.74, 6) is -1.10. The SMILES string of the molecule is O=C(O)CN1CCC(Sc2nncs2)C1=O. The molecule has 1 aliphatic rings. The molecule has 1 fully saturated rings. The van der Waals surface area contributed by atoms with Crippen LogP contribution in [0.25, 0.3) is 0 Å². The molecule has 1 N–H and O–H groups in total.